The number of halogens is 1. The van der Waals surface area contributed by atoms with Gasteiger partial charge in [0, 0.05) is 18.6 Å². The molecule has 1 aromatic rings. The highest BCUT2D eigenvalue weighted by atomic mass is 32.2. The number of hydrogen-bond acceptors (Lipinski definition) is 3. The van der Waals surface area contributed by atoms with Crippen molar-refractivity contribution in [1.82, 2.24) is 4.31 Å². The van der Waals surface area contributed by atoms with Crippen molar-refractivity contribution in [1.29, 1.82) is 0 Å². The molecule has 1 heterocycles. The van der Waals surface area contributed by atoms with Crippen molar-refractivity contribution in [3.8, 4) is 0 Å². The normalized spacial score (nSPS) is 25.4. The number of piperidine rings is 1. The molecule has 2 N–H and O–H groups in total. The molecule has 1 aliphatic heterocycles. The lowest BCUT2D eigenvalue weighted by Gasteiger charge is -2.38. The lowest BCUT2D eigenvalue weighted by Crippen LogP contribution is -2.51. The van der Waals surface area contributed by atoms with E-state index < -0.39 is 15.8 Å². The second kappa shape index (κ2) is 5.56. The van der Waals surface area contributed by atoms with Crippen LogP contribution in [0.2, 0.25) is 0 Å². The largest absolute Gasteiger partial charge is 0.329 e. The molecule has 0 radical (unpaired) electrons. The van der Waals surface area contributed by atoms with Crippen LogP contribution < -0.4 is 5.73 Å². The predicted molar refractivity (Wildman–Crippen MR) is 71.6 cm³/mol. The molecule has 2 atom stereocenters. The SMILES string of the molecule is CC1CCCC(CN)N1S(=O)(=O)c1cccc(F)c1. The molecule has 6 heteroatoms. The third kappa shape index (κ3) is 2.80. The van der Waals surface area contributed by atoms with Crippen LogP contribution in [0, 0.1) is 5.82 Å². The molecule has 1 aliphatic rings. The van der Waals surface area contributed by atoms with E-state index in [-0.39, 0.29) is 17.0 Å². The Morgan fingerprint density at radius 2 is 2.16 bits per heavy atom. The van der Waals surface area contributed by atoms with Crippen LogP contribution in [0.3, 0.4) is 0 Å². The fraction of sp³-hybridized carbons (Fsp3) is 0.538. The van der Waals surface area contributed by atoms with Crippen molar-refractivity contribution >= 4 is 10.0 Å². The Morgan fingerprint density at radius 1 is 1.42 bits per heavy atom. The Bertz CT molecular complexity index is 547. The summed E-state index contributed by atoms with van der Waals surface area (Å²) < 4.78 is 39.9. The minimum Gasteiger partial charge on any atom is -0.329 e. The van der Waals surface area contributed by atoms with Crippen molar-refractivity contribution < 1.29 is 12.8 Å². The van der Waals surface area contributed by atoms with Gasteiger partial charge in [-0.3, -0.25) is 0 Å². The first kappa shape index (κ1) is 14.4. The van der Waals surface area contributed by atoms with Crippen molar-refractivity contribution in [2.75, 3.05) is 6.54 Å². The van der Waals surface area contributed by atoms with Crippen LogP contribution in [0.15, 0.2) is 29.2 Å². The molecule has 1 aromatic carbocycles. The summed E-state index contributed by atoms with van der Waals surface area (Å²) in [7, 11) is -3.68. The molecule has 1 saturated heterocycles. The van der Waals surface area contributed by atoms with Crippen molar-refractivity contribution in [2.45, 2.75) is 43.2 Å². The molecule has 106 valence electrons. The Morgan fingerprint density at radius 3 is 2.79 bits per heavy atom. The van der Waals surface area contributed by atoms with Gasteiger partial charge in [-0.25, -0.2) is 12.8 Å². The summed E-state index contributed by atoms with van der Waals surface area (Å²) in [4.78, 5) is -0.000278. The van der Waals surface area contributed by atoms with Crippen molar-refractivity contribution in [3.63, 3.8) is 0 Å². The molecule has 2 unspecified atom stereocenters. The zero-order chi connectivity index (χ0) is 14.0. The summed E-state index contributed by atoms with van der Waals surface area (Å²) in [6, 6.07) is 4.83. The summed E-state index contributed by atoms with van der Waals surface area (Å²) in [6.07, 6.45) is 2.54. The molecule has 0 spiro atoms. The number of hydrogen-bond donors (Lipinski definition) is 1. The second-order valence-corrected chi connectivity index (χ2v) is 6.80. The van der Waals surface area contributed by atoms with Gasteiger partial charge in [-0.1, -0.05) is 12.5 Å². The molecule has 19 heavy (non-hydrogen) atoms. The van der Waals surface area contributed by atoms with E-state index in [0.29, 0.717) is 6.54 Å². The number of benzene rings is 1. The van der Waals surface area contributed by atoms with Gasteiger partial charge >= 0.3 is 0 Å². The standard InChI is InChI=1S/C13H19FN2O2S/c1-10-4-2-6-12(9-15)16(10)19(17,18)13-7-3-5-11(14)8-13/h3,5,7-8,10,12H,2,4,6,9,15H2,1H3. The third-order valence-corrected chi connectivity index (χ3v) is 5.66. The van der Waals surface area contributed by atoms with E-state index in [2.05, 4.69) is 0 Å². The fourth-order valence-corrected chi connectivity index (χ4v) is 4.59. The van der Waals surface area contributed by atoms with Crippen LogP contribution in [0.25, 0.3) is 0 Å². The Kier molecular flexibility index (Phi) is 4.23. The van der Waals surface area contributed by atoms with Crippen LogP contribution in [-0.2, 0) is 10.0 Å². The van der Waals surface area contributed by atoms with Crippen LogP contribution >= 0.6 is 0 Å². The van der Waals surface area contributed by atoms with Gasteiger partial charge < -0.3 is 5.73 Å². The zero-order valence-electron chi connectivity index (χ0n) is 10.9. The average Bonchev–Trinajstić information content (AvgIpc) is 2.38. The summed E-state index contributed by atoms with van der Waals surface area (Å²) in [5, 5.41) is 0. The molecule has 4 nitrogen and oxygen atoms in total. The lowest BCUT2D eigenvalue weighted by molar-refractivity contribution is 0.196. The highest BCUT2D eigenvalue weighted by Crippen LogP contribution is 2.29. The quantitative estimate of drug-likeness (QED) is 0.920. The first-order valence-electron chi connectivity index (χ1n) is 6.46. The maximum atomic E-state index is 13.2. The molecule has 0 amide bonds. The van der Waals surface area contributed by atoms with Gasteiger partial charge in [-0.05, 0) is 38.0 Å². The van der Waals surface area contributed by atoms with Crippen LogP contribution in [-0.4, -0.2) is 31.4 Å². The second-order valence-electron chi connectivity index (χ2n) is 4.96. The summed E-state index contributed by atoms with van der Waals surface area (Å²) in [6.45, 7) is 2.16. The average molecular weight is 286 g/mol. The smallest absolute Gasteiger partial charge is 0.243 e. The summed E-state index contributed by atoms with van der Waals surface area (Å²) in [5.74, 6) is -0.546. The van der Waals surface area contributed by atoms with Crippen molar-refractivity contribution in [3.05, 3.63) is 30.1 Å². The monoisotopic (exact) mass is 286 g/mol. The van der Waals surface area contributed by atoms with Gasteiger partial charge in [-0.15, -0.1) is 0 Å². The molecular formula is C13H19FN2O2S. The Balaban J connectivity index is 2.42. The first-order valence-corrected chi connectivity index (χ1v) is 7.90. The zero-order valence-corrected chi connectivity index (χ0v) is 11.7. The van der Waals surface area contributed by atoms with Crippen LogP contribution in [0.5, 0.6) is 0 Å². The van der Waals surface area contributed by atoms with E-state index in [9.17, 15) is 12.8 Å². The molecule has 0 saturated carbocycles. The van der Waals surface area contributed by atoms with E-state index in [0.717, 1.165) is 25.3 Å². The molecular weight excluding hydrogens is 267 g/mol. The maximum absolute atomic E-state index is 13.2. The van der Waals surface area contributed by atoms with Crippen LogP contribution in [0.1, 0.15) is 26.2 Å². The van der Waals surface area contributed by atoms with Crippen LogP contribution in [0.4, 0.5) is 4.39 Å². The van der Waals surface area contributed by atoms with E-state index in [1.54, 1.807) is 0 Å². The molecule has 1 fully saturated rings. The third-order valence-electron chi connectivity index (χ3n) is 3.60. The predicted octanol–water partition coefficient (Wildman–Crippen LogP) is 1.72. The van der Waals surface area contributed by atoms with E-state index in [1.165, 1.54) is 22.5 Å². The van der Waals surface area contributed by atoms with Gasteiger partial charge in [0.2, 0.25) is 10.0 Å². The summed E-state index contributed by atoms with van der Waals surface area (Å²) in [5.41, 5.74) is 5.68. The van der Waals surface area contributed by atoms with Gasteiger partial charge in [-0.2, -0.15) is 4.31 Å². The topological polar surface area (TPSA) is 63.4 Å². The van der Waals surface area contributed by atoms with E-state index in [4.69, 9.17) is 5.73 Å². The molecule has 0 aromatic heterocycles. The maximum Gasteiger partial charge on any atom is 0.243 e. The van der Waals surface area contributed by atoms with Gasteiger partial charge in [0.25, 0.3) is 0 Å². The first-order chi connectivity index (χ1) is 8.96. The fourth-order valence-electron chi connectivity index (χ4n) is 2.67. The summed E-state index contributed by atoms with van der Waals surface area (Å²) >= 11 is 0. The number of nitrogens with two attached hydrogens (primary N) is 1. The minimum absolute atomic E-state index is 0.000278. The molecule has 2 rings (SSSR count). The van der Waals surface area contributed by atoms with Gasteiger partial charge in [0.1, 0.15) is 5.82 Å². The molecule has 0 aliphatic carbocycles. The number of nitrogens with zero attached hydrogens (tertiary/aromatic N) is 1. The highest BCUT2D eigenvalue weighted by Gasteiger charge is 2.37. The lowest BCUT2D eigenvalue weighted by atomic mass is 10.00. The Labute approximate surface area is 113 Å². The van der Waals surface area contributed by atoms with Gasteiger partial charge in [0.15, 0.2) is 0 Å². The van der Waals surface area contributed by atoms with E-state index >= 15 is 0 Å². The van der Waals surface area contributed by atoms with E-state index in [1.807, 2.05) is 6.92 Å². The van der Waals surface area contributed by atoms with Crippen molar-refractivity contribution in [2.24, 2.45) is 5.73 Å². The Hall–Kier alpha value is -0.980. The minimum atomic E-state index is -3.68. The highest BCUT2D eigenvalue weighted by molar-refractivity contribution is 7.89. The number of rotatable bonds is 3. The van der Waals surface area contributed by atoms with Gasteiger partial charge in [0.05, 0.1) is 4.90 Å². The number of sulfonamides is 1. The molecule has 0 bridgehead atoms.